The van der Waals surface area contributed by atoms with Gasteiger partial charge in [0.25, 0.3) is 5.91 Å². The van der Waals surface area contributed by atoms with E-state index in [1.54, 1.807) is 4.90 Å². The summed E-state index contributed by atoms with van der Waals surface area (Å²) in [5.41, 5.74) is 6.69. The zero-order chi connectivity index (χ0) is 14.3. The van der Waals surface area contributed by atoms with Crippen LogP contribution in [0.15, 0.2) is 22.7 Å². The minimum absolute atomic E-state index is 0.0216. The predicted octanol–water partition coefficient (Wildman–Crippen LogP) is 2.84. The van der Waals surface area contributed by atoms with Crippen LogP contribution in [0.1, 0.15) is 22.5 Å². The maximum atomic E-state index is 12.5. The van der Waals surface area contributed by atoms with Crippen LogP contribution in [0.25, 0.3) is 10.1 Å². The van der Waals surface area contributed by atoms with Crippen molar-refractivity contribution in [3.05, 3.63) is 27.5 Å². The number of anilines is 1. The van der Waals surface area contributed by atoms with E-state index in [1.165, 1.54) is 11.3 Å². The van der Waals surface area contributed by atoms with Gasteiger partial charge in [0.1, 0.15) is 4.88 Å². The van der Waals surface area contributed by atoms with E-state index in [1.807, 2.05) is 18.2 Å². The highest BCUT2D eigenvalue weighted by Crippen LogP contribution is 2.36. The number of likely N-dealkylation sites (tertiary alicyclic amines) is 1. The number of carbonyl (C=O) groups excluding carboxylic acids is 1. The lowest BCUT2D eigenvalue weighted by Gasteiger charge is -2.29. The molecule has 1 amide bonds. The highest BCUT2D eigenvalue weighted by Gasteiger charge is 2.25. The summed E-state index contributed by atoms with van der Waals surface area (Å²) < 4.78 is 1.97. The molecule has 2 heterocycles. The molecule has 1 aliphatic rings. The Morgan fingerprint density at radius 2 is 2.10 bits per heavy atom. The molecule has 1 aromatic heterocycles. The fourth-order valence-electron chi connectivity index (χ4n) is 2.46. The molecule has 0 atom stereocenters. The van der Waals surface area contributed by atoms with Crippen LogP contribution in [0, 0.1) is 0 Å². The molecule has 0 bridgehead atoms. The Kier molecular flexibility index (Phi) is 3.70. The molecule has 3 rings (SSSR count). The lowest BCUT2D eigenvalue weighted by molar-refractivity contribution is 0.0551. The van der Waals surface area contributed by atoms with Crippen molar-refractivity contribution in [1.29, 1.82) is 0 Å². The van der Waals surface area contributed by atoms with E-state index < -0.39 is 0 Å². The van der Waals surface area contributed by atoms with Crippen molar-refractivity contribution in [2.24, 2.45) is 0 Å². The Balaban J connectivity index is 1.93. The van der Waals surface area contributed by atoms with Crippen LogP contribution in [0.5, 0.6) is 0 Å². The number of amides is 1. The first-order valence-corrected chi connectivity index (χ1v) is 8.12. The number of nitrogens with two attached hydrogens (primary N) is 1. The minimum Gasteiger partial charge on any atom is -0.397 e. The highest BCUT2D eigenvalue weighted by atomic mass is 79.9. The summed E-state index contributed by atoms with van der Waals surface area (Å²) in [4.78, 5) is 14.9. The summed E-state index contributed by atoms with van der Waals surface area (Å²) in [5.74, 6) is -0.0216. The molecule has 106 valence electrons. The van der Waals surface area contributed by atoms with Gasteiger partial charge in [0, 0.05) is 27.6 Å². The molecule has 0 unspecified atom stereocenters. The standard InChI is InChI=1S/C14H15BrN2O2S/c15-8-1-2-11-10(7-8)12(16)13(20-11)14(19)17-5-3-9(18)4-6-17/h1-2,7,9,18H,3-6,16H2. The number of aliphatic hydroxyl groups is 1. The molecule has 0 aliphatic carbocycles. The Labute approximate surface area is 129 Å². The van der Waals surface area contributed by atoms with Gasteiger partial charge in [-0.3, -0.25) is 4.79 Å². The van der Waals surface area contributed by atoms with Crippen LogP contribution in [-0.2, 0) is 0 Å². The lowest BCUT2D eigenvalue weighted by atomic mass is 10.1. The normalized spacial score (nSPS) is 16.8. The molecule has 0 saturated carbocycles. The van der Waals surface area contributed by atoms with Gasteiger partial charge >= 0.3 is 0 Å². The van der Waals surface area contributed by atoms with Crippen LogP contribution >= 0.6 is 27.3 Å². The van der Waals surface area contributed by atoms with Gasteiger partial charge in [0.2, 0.25) is 0 Å². The third kappa shape index (κ3) is 2.43. The Morgan fingerprint density at radius 3 is 2.80 bits per heavy atom. The fraction of sp³-hybridized carbons (Fsp3) is 0.357. The molecule has 6 heteroatoms. The maximum Gasteiger partial charge on any atom is 0.266 e. The number of halogens is 1. The first kappa shape index (κ1) is 13.9. The SMILES string of the molecule is Nc1c(C(=O)N2CCC(O)CC2)sc2ccc(Br)cc12. The average molecular weight is 355 g/mol. The number of carbonyl (C=O) groups is 1. The zero-order valence-electron chi connectivity index (χ0n) is 10.8. The van der Waals surface area contributed by atoms with Crippen molar-refractivity contribution >= 4 is 48.9 Å². The average Bonchev–Trinajstić information content (AvgIpc) is 2.76. The number of benzene rings is 1. The summed E-state index contributed by atoms with van der Waals surface area (Å²) in [6, 6.07) is 5.86. The van der Waals surface area contributed by atoms with Crippen molar-refractivity contribution in [2.45, 2.75) is 18.9 Å². The fourth-order valence-corrected chi connectivity index (χ4v) is 3.89. The molecular weight excluding hydrogens is 340 g/mol. The van der Waals surface area contributed by atoms with Crippen molar-refractivity contribution in [1.82, 2.24) is 4.90 Å². The smallest absolute Gasteiger partial charge is 0.266 e. The quantitative estimate of drug-likeness (QED) is 0.827. The number of piperidine rings is 1. The Bertz CT molecular complexity index is 662. The van der Waals surface area contributed by atoms with Crippen LogP contribution in [0.4, 0.5) is 5.69 Å². The van der Waals surface area contributed by atoms with E-state index in [2.05, 4.69) is 15.9 Å². The van der Waals surface area contributed by atoms with Crippen LogP contribution < -0.4 is 5.73 Å². The molecule has 2 aromatic rings. The molecule has 0 spiro atoms. The van der Waals surface area contributed by atoms with Crippen molar-refractivity contribution in [3.8, 4) is 0 Å². The number of fused-ring (bicyclic) bond motifs is 1. The lowest BCUT2D eigenvalue weighted by Crippen LogP contribution is -2.39. The molecule has 1 fully saturated rings. The predicted molar refractivity (Wildman–Crippen MR) is 85.1 cm³/mol. The zero-order valence-corrected chi connectivity index (χ0v) is 13.2. The van der Waals surface area contributed by atoms with Gasteiger partial charge in [0.15, 0.2) is 0 Å². The number of nitrogen functional groups attached to an aromatic ring is 1. The van der Waals surface area contributed by atoms with Gasteiger partial charge in [-0.2, -0.15) is 0 Å². The van der Waals surface area contributed by atoms with Gasteiger partial charge in [0.05, 0.1) is 11.8 Å². The molecule has 0 radical (unpaired) electrons. The van der Waals surface area contributed by atoms with E-state index in [0.717, 1.165) is 14.6 Å². The molecule has 3 N–H and O–H groups in total. The minimum atomic E-state index is -0.283. The highest BCUT2D eigenvalue weighted by molar-refractivity contribution is 9.10. The maximum absolute atomic E-state index is 12.5. The van der Waals surface area contributed by atoms with Crippen molar-refractivity contribution < 1.29 is 9.90 Å². The third-order valence-electron chi connectivity index (χ3n) is 3.63. The number of rotatable bonds is 1. The van der Waals surface area contributed by atoms with Gasteiger partial charge < -0.3 is 15.7 Å². The topological polar surface area (TPSA) is 66.6 Å². The second kappa shape index (κ2) is 5.35. The number of nitrogens with zero attached hydrogens (tertiary/aromatic N) is 1. The summed E-state index contributed by atoms with van der Waals surface area (Å²) in [6.45, 7) is 1.19. The van der Waals surface area contributed by atoms with E-state index in [9.17, 15) is 9.90 Å². The Morgan fingerprint density at radius 1 is 1.40 bits per heavy atom. The number of aliphatic hydroxyl groups excluding tert-OH is 1. The first-order chi connectivity index (χ1) is 9.56. The molecule has 1 aliphatic heterocycles. The van der Waals surface area contributed by atoms with Crippen LogP contribution in [-0.4, -0.2) is 35.1 Å². The molecule has 1 saturated heterocycles. The number of hydrogen-bond donors (Lipinski definition) is 2. The molecule has 1 aromatic carbocycles. The van der Waals surface area contributed by atoms with E-state index >= 15 is 0 Å². The molecule has 20 heavy (non-hydrogen) atoms. The number of hydrogen-bond acceptors (Lipinski definition) is 4. The van der Waals surface area contributed by atoms with Gasteiger partial charge in [-0.1, -0.05) is 15.9 Å². The monoisotopic (exact) mass is 354 g/mol. The summed E-state index contributed by atoms with van der Waals surface area (Å²) in [7, 11) is 0. The Hall–Kier alpha value is -1.11. The largest absolute Gasteiger partial charge is 0.397 e. The summed E-state index contributed by atoms with van der Waals surface area (Å²) in [5, 5.41) is 10.4. The van der Waals surface area contributed by atoms with E-state index in [-0.39, 0.29) is 12.0 Å². The van der Waals surface area contributed by atoms with Gasteiger partial charge in [-0.25, -0.2) is 0 Å². The summed E-state index contributed by atoms with van der Waals surface area (Å²) >= 11 is 4.86. The first-order valence-electron chi connectivity index (χ1n) is 6.51. The molecular formula is C14H15BrN2O2S. The molecule has 4 nitrogen and oxygen atoms in total. The van der Waals surface area contributed by atoms with Crippen molar-refractivity contribution in [3.63, 3.8) is 0 Å². The van der Waals surface area contributed by atoms with E-state index in [0.29, 0.717) is 36.5 Å². The second-order valence-corrected chi connectivity index (χ2v) is 6.98. The van der Waals surface area contributed by atoms with E-state index in [4.69, 9.17) is 5.73 Å². The van der Waals surface area contributed by atoms with Gasteiger partial charge in [-0.05, 0) is 31.0 Å². The van der Waals surface area contributed by atoms with Gasteiger partial charge in [-0.15, -0.1) is 11.3 Å². The third-order valence-corrected chi connectivity index (χ3v) is 5.30. The summed E-state index contributed by atoms with van der Waals surface area (Å²) in [6.07, 6.45) is 0.999. The van der Waals surface area contributed by atoms with Crippen LogP contribution in [0.3, 0.4) is 0 Å². The van der Waals surface area contributed by atoms with Crippen LogP contribution in [0.2, 0.25) is 0 Å². The number of thiophene rings is 1. The van der Waals surface area contributed by atoms with Crippen molar-refractivity contribution in [2.75, 3.05) is 18.8 Å². The second-order valence-electron chi connectivity index (χ2n) is 5.01.